The van der Waals surface area contributed by atoms with Gasteiger partial charge < -0.3 is 4.74 Å². The maximum absolute atomic E-state index is 11.6. The van der Waals surface area contributed by atoms with E-state index in [0.717, 1.165) is 5.56 Å². The van der Waals surface area contributed by atoms with E-state index in [1.165, 1.54) is 0 Å². The van der Waals surface area contributed by atoms with Crippen LogP contribution in [0.2, 0.25) is 0 Å². The van der Waals surface area contributed by atoms with E-state index in [0.29, 0.717) is 31.6 Å². The highest BCUT2D eigenvalue weighted by Crippen LogP contribution is 2.16. The molecule has 0 radical (unpaired) electrons. The van der Waals surface area contributed by atoms with Gasteiger partial charge in [0, 0.05) is 12.3 Å². The van der Waals surface area contributed by atoms with Crippen molar-refractivity contribution in [2.24, 2.45) is 5.92 Å². The summed E-state index contributed by atoms with van der Waals surface area (Å²) in [5.74, 6) is 0.275. The van der Waals surface area contributed by atoms with E-state index in [-0.39, 0.29) is 11.7 Å². The summed E-state index contributed by atoms with van der Waals surface area (Å²) in [5.41, 5.74) is 1.73. The molecule has 16 heavy (non-hydrogen) atoms. The van der Waals surface area contributed by atoms with E-state index in [1.54, 1.807) is 12.1 Å². The lowest BCUT2D eigenvalue weighted by Crippen LogP contribution is -2.29. The van der Waals surface area contributed by atoms with Crippen molar-refractivity contribution in [1.82, 2.24) is 0 Å². The first kappa shape index (κ1) is 10.8. The first-order chi connectivity index (χ1) is 7.79. The van der Waals surface area contributed by atoms with E-state index in [9.17, 15) is 4.79 Å². The second-order valence-electron chi connectivity index (χ2n) is 4.00. The predicted molar refractivity (Wildman–Crippen MR) is 58.8 cm³/mol. The normalized spacial score (nSPS) is 20.4. The van der Waals surface area contributed by atoms with Crippen LogP contribution in [-0.4, -0.2) is 19.0 Å². The van der Waals surface area contributed by atoms with Crippen LogP contribution in [0.25, 0.3) is 0 Å². The lowest BCUT2D eigenvalue weighted by atomic mass is 9.93. The van der Waals surface area contributed by atoms with Gasteiger partial charge >= 0.3 is 0 Å². The number of carbonyl (C=O) groups is 1. The number of Topliss-reactive ketones (excluding diaryl/α,β-unsaturated/α-hetero) is 1. The van der Waals surface area contributed by atoms with E-state index in [2.05, 4.69) is 6.07 Å². The molecule has 1 saturated heterocycles. The molecule has 0 amide bonds. The summed E-state index contributed by atoms with van der Waals surface area (Å²) in [5, 5.41) is 8.67. The molecular formula is C13H13NO2. The molecule has 1 aliphatic heterocycles. The molecule has 1 atom stereocenters. The summed E-state index contributed by atoms with van der Waals surface area (Å²) in [6.07, 6.45) is 1.24. The number of carbonyl (C=O) groups excluding carboxylic acids is 1. The fourth-order valence-corrected chi connectivity index (χ4v) is 1.87. The number of hydrogen-bond donors (Lipinski definition) is 0. The van der Waals surface area contributed by atoms with Crippen LogP contribution in [0, 0.1) is 17.2 Å². The Morgan fingerprint density at radius 2 is 2.12 bits per heavy atom. The monoisotopic (exact) mass is 215 g/mol. The van der Waals surface area contributed by atoms with Gasteiger partial charge in [0.05, 0.1) is 24.8 Å². The number of nitriles is 1. The number of benzene rings is 1. The molecule has 1 aliphatic rings. The Morgan fingerprint density at radius 1 is 1.38 bits per heavy atom. The molecule has 1 heterocycles. The SMILES string of the molecule is N#Cc1ccc(CC2COCCC2=O)cc1. The minimum absolute atomic E-state index is 0.0123. The van der Waals surface area contributed by atoms with Crippen LogP contribution in [0.15, 0.2) is 24.3 Å². The van der Waals surface area contributed by atoms with Gasteiger partial charge in [0.2, 0.25) is 0 Å². The Bertz CT molecular complexity index is 417. The summed E-state index contributed by atoms with van der Waals surface area (Å²) in [7, 11) is 0. The summed E-state index contributed by atoms with van der Waals surface area (Å²) in [4.78, 5) is 11.6. The molecule has 1 unspecified atom stereocenters. The largest absolute Gasteiger partial charge is 0.380 e. The van der Waals surface area contributed by atoms with Crippen molar-refractivity contribution in [2.45, 2.75) is 12.8 Å². The molecule has 1 aromatic rings. The van der Waals surface area contributed by atoms with Gasteiger partial charge in [0.25, 0.3) is 0 Å². The first-order valence-corrected chi connectivity index (χ1v) is 5.39. The third-order valence-electron chi connectivity index (χ3n) is 2.83. The summed E-state index contributed by atoms with van der Waals surface area (Å²) in [6, 6.07) is 9.44. The zero-order valence-corrected chi connectivity index (χ0v) is 8.98. The van der Waals surface area contributed by atoms with Crippen molar-refractivity contribution >= 4 is 5.78 Å². The number of rotatable bonds is 2. The van der Waals surface area contributed by atoms with Gasteiger partial charge in [-0.05, 0) is 24.1 Å². The molecular weight excluding hydrogens is 202 g/mol. The highest BCUT2D eigenvalue weighted by molar-refractivity contribution is 5.82. The van der Waals surface area contributed by atoms with Crippen molar-refractivity contribution in [3.63, 3.8) is 0 Å². The number of ether oxygens (including phenoxy) is 1. The van der Waals surface area contributed by atoms with Gasteiger partial charge in [-0.2, -0.15) is 5.26 Å². The van der Waals surface area contributed by atoms with Crippen molar-refractivity contribution in [3.05, 3.63) is 35.4 Å². The molecule has 3 heteroatoms. The lowest BCUT2D eigenvalue weighted by Gasteiger charge is -2.20. The van der Waals surface area contributed by atoms with Crippen molar-refractivity contribution < 1.29 is 9.53 Å². The van der Waals surface area contributed by atoms with E-state index >= 15 is 0 Å². The molecule has 0 spiro atoms. The third kappa shape index (κ3) is 2.47. The minimum Gasteiger partial charge on any atom is -0.380 e. The van der Waals surface area contributed by atoms with Crippen LogP contribution < -0.4 is 0 Å². The van der Waals surface area contributed by atoms with Crippen LogP contribution in [0.1, 0.15) is 17.5 Å². The van der Waals surface area contributed by atoms with Gasteiger partial charge in [-0.25, -0.2) is 0 Å². The summed E-state index contributed by atoms with van der Waals surface area (Å²) >= 11 is 0. The highest BCUT2D eigenvalue weighted by Gasteiger charge is 2.22. The van der Waals surface area contributed by atoms with Crippen molar-refractivity contribution in [2.75, 3.05) is 13.2 Å². The molecule has 0 aliphatic carbocycles. The van der Waals surface area contributed by atoms with Crippen LogP contribution >= 0.6 is 0 Å². The van der Waals surface area contributed by atoms with Crippen LogP contribution in [-0.2, 0) is 16.0 Å². The summed E-state index contributed by atoms with van der Waals surface area (Å²) < 4.78 is 5.30. The quantitative estimate of drug-likeness (QED) is 0.754. The maximum atomic E-state index is 11.6. The Balaban J connectivity index is 2.03. The Kier molecular flexibility index (Phi) is 3.33. The lowest BCUT2D eigenvalue weighted by molar-refractivity contribution is -0.130. The predicted octanol–water partition coefficient (Wildman–Crippen LogP) is 1.71. The smallest absolute Gasteiger partial charge is 0.140 e. The van der Waals surface area contributed by atoms with Crippen LogP contribution in [0.3, 0.4) is 0 Å². The summed E-state index contributed by atoms with van der Waals surface area (Å²) in [6.45, 7) is 1.08. The van der Waals surface area contributed by atoms with Gasteiger partial charge in [-0.3, -0.25) is 4.79 Å². The minimum atomic E-state index is -0.0123. The molecule has 2 rings (SSSR count). The fourth-order valence-electron chi connectivity index (χ4n) is 1.87. The molecule has 0 N–H and O–H groups in total. The molecule has 82 valence electrons. The van der Waals surface area contributed by atoms with E-state index in [1.807, 2.05) is 12.1 Å². The number of ketones is 1. The van der Waals surface area contributed by atoms with Crippen molar-refractivity contribution in [1.29, 1.82) is 5.26 Å². The zero-order valence-electron chi connectivity index (χ0n) is 8.98. The van der Waals surface area contributed by atoms with E-state index in [4.69, 9.17) is 10.00 Å². The Labute approximate surface area is 94.6 Å². The van der Waals surface area contributed by atoms with Crippen LogP contribution in [0.5, 0.6) is 0 Å². The third-order valence-corrected chi connectivity index (χ3v) is 2.83. The molecule has 1 fully saturated rings. The highest BCUT2D eigenvalue weighted by atomic mass is 16.5. The van der Waals surface area contributed by atoms with E-state index < -0.39 is 0 Å². The second kappa shape index (κ2) is 4.91. The average Bonchev–Trinajstić information content (AvgIpc) is 2.33. The second-order valence-corrected chi connectivity index (χ2v) is 4.00. The average molecular weight is 215 g/mol. The number of hydrogen-bond acceptors (Lipinski definition) is 3. The Hall–Kier alpha value is -1.66. The Morgan fingerprint density at radius 3 is 2.75 bits per heavy atom. The zero-order chi connectivity index (χ0) is 11.4. The first-order valence-electron chi connectivity index (χ1n) is 5.39. The maximum Gasteiger partial charge on any atom is 0.140 e. The molecule has 0 aromatic heterocycles. The number of nitrogens with zero attached hydrogens (tertiary/aromatic N) is 1. The van der Waals surface area contributed by atoms with Gasteiger partial charge in [-0.1, -0.05) is 12.1 Å². The molecule has 1 aromatic carbocycles. The molecule has 0 bridgehead atoms. The van der Waals surface area contributed by atoms with Crippen molar-refractivity contribution in [3.8, 4) is 6.07 Å². The molecule has 3 nitrogen and oxygen atoms in total. The van der Waals surface area contributed by atoms with Gasteiger partial charge in [0.15, 0.2) is 0 Å². The fraction of sp³-hybridized carbons (Fsp3) is 0.385. The van der Waals surface area contributed by atoms with Gasteiger partial charge in [0.1, 0.15) is 5.78 Å². The molecule has 0 saturated carbocycles. The standard InChI is InChI=1S/C13H13NO2/c14-8-11-3-1-10(2-4-11)7-12-9-16-6-5-13(12)15/h1-4,12H,5-7,9H2. The van der Waals surface area contributed by atoms with Crippen LogP contribution in [0.4, 0.5) is 0 Å². The topological polar surface area (TPSA) is 50.1 Å². The van der Waals surface area contributed by atoms with Gasteiger partial charge in [-0.15, -0.1) is 0 Å².